The van der Waals surface area contributed by atoms with Crippen LogP contribution in [0.15, 0.2) is 52.9 Å². The van der Waals surface area contributed by atoms with Gasteiger partial charge in [0.15, 0.2) is 5.58 Å². The van der Waals surface area contributed by atoms with Crippen LogP contribution in [0.2, 0.25) is 0 Å². The summed E-state index contributed by atoms with van der Waals surface area (Å²) in [4.78, 5) is 4.46. The number of fused-ring (bicyclic) bond motifs is 1. The lowest BCUT2D eigenvalue weighted by Crippen LogP contribution is -2.11. The van der Waals surface area contributed by atoms with Crippen LogP contribution >= 0.6 is 0 Å². The minimum atomic E-state index is -0.320. The Morgan fingerprint density at radius 3 is 2.67 bits per heavy atom. The molecule has 90 valence electrons. The summed E-state index contributed by atoms with van der Waals surface area (Å²) in [5.74, 6) is 0.557. The monoisotopic (exact) mass is 238 g/mol. The number of hydrogen-bond acceptors (Lipinski definition) is 3. The summed E-state index contributed by atoms with van der Waals surface area (Å²) in [6, 6.07) is 15.5. The Hall–Kier alpha value is -2.13. The molecule has 3 rings (SSSR count). The van der Waals surface area contributed by atoms with Crippen LogP contribution in [0.25, 0.3) is 11.1 Å². The predicted octanol–water partition coefficient (Wildman–Crippen LogP) is 3.18. The van der Waals surface area contributed by atoms with Gasteiger partial charge in [-0.15, -0.1) is 0 Å². The van der Waals surface area contributed by atoms with Gasteiger partial charge in [-0.25, -0.2) is 4.98 Å². The van der Waals surface area contributed by atoms with Crippen molar-refractivity contribution >= 4 is 11.1 Å². The number of aromatic nitrogens is 1. The molecule has 0 amide bonds. The molecule has 3 nitrogen and oxygen atoms in total. The fourth-order valence-electron chi connectivity index (χ4n) is 1.99. The van der Waals surface area contributed by atoms with Gasteiger partial charge in [-0.1, -0.05) is 36.4 Å². The molecule has 0 aliphatic carbocycles. The van der Waals surface area contributed by atoms with Gasteiger partial charge in [0, 0.05) is 0 Å². The van der Waals surface area contributed by atoms with Crippen molar-refractivity contribution in [1.29, 1.82) is 0 Å². The second-order valence-corrected chi connectivity index (χ2v) is 4.41. The van der Waals surface area contributed by atoms with Gasteiger partial charge in [0.2, 0.25) is 5.89 Å². The van der Waals surface area contributed by atoms with Crippen LogP contribution in [-0.2, 0) is 0 Å². The third-order valence-electron chi connectivity index (χ3n) is 2.98. The zero-order valence-corrected chi connectivity index (χ0v) is 10.1. The first kappa shape index (κ1) is 11.0. The average molecular weight is 238 g/mol. The molecule has 3 heteroatoms. The molecule has 1 aromatic heterocycles. The average Bonchev–Trinajstić information content (AvgIpc) is 2.81. The summed E-state index contributed by atoms with van der Waals surface area (Å²) in [6.07, 6.45) is 0. The van der Waals surface area contributed by atoms with Crippen molar-refractivity contribution < 1.29 is 4.42 Å². The Labute approximate surface area is 105 Å². The van der Waals surface area contributed by atoms with E-state index >= 15 is 0 Å². The number of aryl methyl sites for hydroxylation is 1. The van der Waals surface area contributed by atoms with E-state index in [-0.39, 0.29) is 6.04 Å². The van der Waals surface area contributed by atoms with E-state index in [4.69, 9.17) is 10.2 Å². The maximum Gasteiger partial charge on any atom is 0.217 e. The summed E-state index contributed by atoms with van der Waals surface area (Å²) < 4.78 is 5.70. The maximum absolute atomic E-state index is 6.16. The number of nitrogens with two attached hydrogens (primary N) is 1. The van der Waals surface area contributed by atoms with E-state index < -0.39 is 0 Å². The van der Waals surface area contributed by atoms with Crippen LogP contribution in [0, 0.1) is 6.92 Å². The van der Waals surface area contributed by atoms with Crippen LogP contribution < -0.4 is 5.73 Å². The van der Waals surface area contributed by atoms with E-state index in [1.807, 2.05) is 55.5 Å². The van der Waals surface area contributed by atoms with Crippen molar-refractivity contribution in [1.82, 2.24) is 4.98 Å². The van der Waals surface area contributed by atoms with Crippen LogP contribution in [-0.4, -0.2) is 4.98 Å². The largest absolute Gasteiger partial charge is 0.439 e. The van der Waals surface area contributed by atoms with E-state index in [1.165, 1.54) is 0 Å². The third-order valence-corrected chi connectivity index (χ3v) is 2.98. The SMILES string of the molecule is Cc1ccc2oc(C(N)c3ccccc3)nc2c1. The normalized spacial score (nSPS) is 12.8. The highest BCUT2D eigenvalue weighted by atomic mass is 16.3. The van der Waals surface area contributed by atoms with Crippen molar-refractivity contribution in [2.45, 2.75) is 13.0 Å². The lowest BCUT2D eigenvalue weighted by molar-refractivity contribution is 0.505. The van der Waals surface area contributed by atoms with Crippen LogP contribution in [0.3, 0.4) is 0 Å². The minimum Gasteiger partial charge on any atom is -0.439 e. The summed E-state index contributed by atoms with van der Waals surface area (Å²) in [7, 11) is 0. The molecular weight excluding hydrogens is 224 g/mol. The predicted molar refractivity (Wildman–Crippen MR) is 71.2 cm³/mol. The molecule has 0 spiro atoms. The Bertz CT molecular complexity index is 673. The molecular formula is C15H14N2O. The number of hydrogen-bond donors (Lipinski definition) is 1. The third kappa shape index (κ3) is 1.89. The highest BCUT2D eigenvalue weighted by Gasteiger charge is 2.15. The van der Waals surface area contributed by atoms with Crippen LogP contribution in [0.5, 0.6) is 0 Å². The van der Waals surface area contributed by atoms with Gasteiger partial charge in [-0.3, -0.25) is 0 Å². The Balaban J connectivity index is 2.04. The first-order chi connectivity index (χ1) is 8.74. The number of benzene rings is 2. The molecule has 1 heterocycles. The topological polar surface area (TPSA) is 52.0 Å². The lowest BCUT2D eigenvalue weighted by Gasteiger charge is -2.06. The zero-order chi connectivity index (χ0) is 12.5. The van der Waals surface area contributed by atoms with E-state index in [9.17, 15) is 0 Å². The Morgan fingerprint density at radius 2 is 1.89 bits per heavy atom. The van der Waals surface area contributed by atoms with Gasteiger partial charge in [0.1, 0.15) is 11.6 Å². The molecule has 2 aromatic carbocycles. The van der Waals surface area contributed by atoms with Crippen molar-refractivity contribution in [3.05, 3.63) is 65.5 Å². The summed E-state index contributed by atoms with van der Waals surface area (Å²) >= 11 is 0. The Kier molecular flexibility index (Phi) is 2.61. The zero-order valence-electron chi connectivity index (χ0n) is 10.1. The maximum atomic E-state index is 6.16. The van der Waals surface area contributed by atoms with Gasteiger partial charge < -0.3 is 10.2 Å². The minimum absolute atomic E-state index is 0.320. The van der Waals surface area contributed by atoms with Crippen LogP contribution in [0.4, 0.5) is 0 Å². The fourth-order valence-corrected chi connectivity index (χ4v) is 1.99. The molecule has 2 N–H and O–H groups in total. The molecule has 0 fully saturated rings. The van der Waals surface area contributed by atoms with Gasteiger partial charge in [0.05, 0.1) is 0 Å². The van der Waals surface area contributed by atoms with Gasteiger partial charge >= 0.3 is 0 Å². The Morgan fingerprint density at radius 1 is 1.11 bits per heavy atom. The summed E-state index contributed by atoms with van der Waals surface area (Å²) in [6.45, 7) is 2.03. The smallest absolute Gasteiger partial charge is 0.217 e. The number of rotatable bonds is 2. The molecule has 1 unspecified atom stereocenters. The first-order valence-corrected chi connectivity index (χ1v) is 5.91. The molecule has 0 saturated carbocycles. The highest BCUT2D eigenvalue weighted by molar-refractivity contribution is 5.73. The van der Waals surface area contributed by atoms with Crippen molar-refractivity contribution in [2.24, 2.45) is 5.73 Å². The quantitative estimate of drug-likeness (QED) is 0.746. The van der Waals surface area contributed by atoms with E-state index in [0.29, 0.717) is 5.89 Å². The molecule has 0 bridgehead atoms. The highest BCUT2D eigenvalue weighted by Crippen LogP contribution is 2.23. The van der Waals surface area contributed by atoms with E-state index in [0.717, 1.165) is 22.2 Å². The van der Waals surface area contributed by atoms with Crippen LogP contribution in [0.1, 0.15) is 23.1 Å². The number of oxazole rings is 1. The molecule has 0 radical (unpaired) electrons. The summed E-state index contributed by atoms with van der Waals surface area (Å²) in [5.41, 5.74) is 9.96. The molecule has 3 aromatic rings. The number of nitrogens with zero attached hydrogens (tertiary/aromatic N) is 1. The summed E-state index contributed by atoms with van der Waals surface area (Å²) in [5, 5.41) is 0. The fraction of sp³-hybridized carbons (Fsp3) is 0.133. The first-order valence-electron chi connectivity index (χ1n) is 5.91. The van der Waals surface area contributed by atoms with Crippen molar-refractivity contribution in [2.75, 3.05) is 0 Å². The second-order valence-electron chi connectivity index (χ2n) is 4.41. The van der Waals surface area contributed by atoms with Crippen molar-refractivity contribution in [3.8, 4) is 0 Å². The second kappa shape index (κ2) is 4.27. The van der Waals surface area contributed by atoms with Crippen molar-refractivity contribution in [3.63, 3.8) is 0 Å². The standard InChI is InChI=1S/C15H14N2O/c1-10-7-8-13-12(9-10)17-15(18-13)14(16)11-5-3-2-4-6-11/h2-9,14H,16H2,1H3. The molecule has 18 heavy (non-hydrogen) atoms. The van der Waals surface area contributed by atoms with Gasteiger partial charge in [-0.05, 0) is 30.2 Å². The molecule has 0 saturated heterocycles. The van der Waals surface area contributed by atoms with E-state index in [1.54, 1.807) is 0 Å². The van der Waals surface area contributed by atoms with Gasteiger partial charge in [0.25, 0.3) is 0 Å². The van der Waals surface area contributed by atoms with E-state index in [2.05, 4.69) is 4.98 Å². The molecule has 0 aliphatic heterocycles. The molecule has 1 atom stereocenters. The van der Waals surface area contributed by atoms with Gasteiger partial charge in [-0.2, -0.15) is 0 Å². The lowest BCUT2D eigenvalue weighted by atomic mass is 10.1. The molecule has 0 aliphatic rings.